The van der Waals surface area contributed by atoms with Gasteiger partial charge in [-0.1, -0.05) is 6.42 Å². The van der Waals surface area contributed by atoms with E-state index in [4.69, 9.17) is 5.11 Å². The van der Waals surface area contributed by atoms with Crippen molar-refractivity contribution in [2.24, 2.45) is 5.92 Å². The number of ether oxygens (including phenoxy) is 1. The van der Waals surface area contributed by atoms with Gasteiger partial charge in [0.2, 0.25) is 0 Å². The normalized spacial score (nSPS) is 25.4. The molecule has 1 fully saturated rings. The van der Waals surface area contributed by atoms with Crippen molar-refractivity contribution in [3.8, 4) is 0 Å². The van der Waals surface area contributed by atoms with E-state index in [0.29, 0.717) is 12.8 Å². The predicted molar refractivity (Wildman–Crippen MR) is 53.4 cm³/mol. The Balaban J connectivity index is 2.37. The predicted octanol–water partition coefficient (Wildman–Crippen LogP) is 1.83. The van der Waals surface area contributed by atoms with E-state index in [0.717, 1.165) is 0 Å². The van der Waals surface area contributed by atoms with Crippen molar-refractivity contribution in [2.75, 3.05) is 13.2 Å². The molecule has 0 aliphatic heterocycles. The summed E-state index contributed by atoms with van der Waals surface area (Å²) in [6.45, 7) is -0.454. The number of nitrogens with one attached hydrogen (secondary N) is 1. The summed E-state index contributed by atoms with van der Waals surface area (Å²) in [7, 11) is 0. The number of aliphatic hydroxyl groups excluding tert-OH is 1. The molecule has 0 aromatic rings. The molecule has 2 N–H and O–H groups in total. The van der Waals surface area contributed by atoms with Crippen LogP contribution < -0.4 is 5.32 Å². The van der Waals surface area contributed by atoms with Gasteiger partial charge in [0.1, 0.15) is 6.61 Å². The lowest BCUT2D eigenvalue weighted by atomic mass is 9.85. The molecule has 1 amide bonds. The highest BCUT2D eigenvalue weighted by molar-refractivity contribution is 5.67. The first-order chi connectivity index (χ1) is 7.93. The average molecular weight is 255 g/mol. The van der Waals surface area contributed by atoms with E-state index >= 15 is 0 Å². The molecule has 0 aromatic carbocycles. The van der Waals surface area contributed by atoms with Crippen molar-refractivity contribution >= 4 is 6.09 Å². The highest BCUT2D eigenvalue weighted by Crippen LogP contribution is 2.37. The Bertz CT molecular complexity index is 258. The Morgan fingerprint density at radius 1 is 1.41 bits per heavy atom. The first-order valence-electron chi connectivity index (χ1n) is 5.54. The van der Waals surface area contributed by atoms with Crippen LogP contribution in [0.1, 0.15) is 25.7 Å². The SMILES string of the molecule is O=C(NC1CCCC(C(F)(F)F)C1)OCCO. The summed E-state index contributed by atoms with van der Waals surface area (Å²) in [5.41, 5.74) is 0. The van der Waals surface area contributed by atoms with E-state index in [9.17, 15) is 18.0 Å². The van der Waals surface area contributed by atoms with Crippen LogP contribution in [0.2, 0.25) is 0 Å². The molecule has 2 atom stereocenters. The zero-order valence-electron chi connectivity index (χ0n) is 9.29. The highest BCUT2D eigenvalue weighted by atomic mass is 19.4. The summed E-state index contributed by atoms with van der Waals surface area (Å²) >= 11 is 0. The van der Waals surface area contributed by atoms with Crippen molar-refractivity contribution in [3.63, 3.8) is 0 Å². The second kappa shape index (κ2) is 6.09. The maximum Gasteiger partial charge on any atom is 0.407 e. The third-order valence-electron chi connectivity index (χ3n) is 2.78. The number of hydrogen-bond acceptors (Lipinski definition) is 3. The van der Waals surface area contributed by atoms with Crippen molar-refractivity contribution in [3.05, 3.63) is 0 Å². The topological polar surface area (TPSA) is 58.6 Å². The number of carbonyl (C=O) groups excluding carboxylic acids is 1. The van der Waals surface area contributed by atoms with Gasteiger partial charge >= 0.3 is 12.3 Å². The van der Waals surface area contributed by atoms with Crippen molar-refractivity contribution in [1.82, 2.24) is 5.32 Å². The molecule has 2 unspecified atom stereocenters. The number of aliphatic hydroxyl groups is 1. The molecule has 4 nitrogen and oxygen atoms in total. The number of halogens is 3. The molecule has 0 spiro atoms. The van der Waals surface area contributed by atoms with Crippen LogP contribution in [0.3, 0.4) is 0 Å². The molecule has 0 bridgehead atoms. The summed E-state index contributed by atoms with van der Waals surface area (Å²) in [6.07, 6.45) is -3.98. The molecule has 7 heteroatoms. The van der Waals surface area contributed by atoms with Crippen LogP contribution in [0.4, 0.5) is 18.0 Å². The lowest BCUT2D eigenvalue weighted by molar-refractivity contribution is -0.183. The summed E-state index contributed by atoms with van der Waals surface area (Å²) in [4.78, 5) is 11.1. The fourth-order valence-electron chi connectivity index (χ4n) is 1.96. The Morgan fingerprint density at radius 2 is 2.12 bits per heavy atom. The Labute approximate surface area is 97.1 Å². The van der Waals surface area contributed by atoms with Crippen molar-refractivity contribution < 1.29 is 27.8 Å². The zero-order chi connectivity index (χ0) is 12.9. The van der Waals surface area contributed by atoms with Crippen LogP contribution in [0.5, 0.6) is 0 Å². The summed E-state index contributed by atoms with van der Waals surface area (Å²) in [5.74, 6) is -1.35. The van der Waals surface area contributed by atoms with Crippen LogP contribution in [0.25, 0.3) is 0 Å². The van der Waals surface area contributed by atoms with Gasteiger partial charge in [0, 0.05) is 6.04 Å². The van der Waals surface area contributed by atoms with Gasteiger partial charge in [-0.25, -0.2) is 4.79 Å². The number of amides is 1. The molecule has 0 radical (unpaired) electrons. The monoisotopic (exact) mass is 255 g/mol. The Kier molecular flexibility index (Phi) is 5.04. The van der Waals surface area contributed by atoms with Gasteiger partial charge in [0.25, 0.3) is 0 Å². The minimum Gasteiger partial charge on any atom is -0.447 e. The molecule has 0 heterocycles. The Hall–Kier alpha value is -0.980. The minimum atomic E-state index is -4.20. The van der Waals surface area contributed by atoms with Gasteiger partial charge in [0.05, 0.1) is 12.5 Å². The van der Waals surface area contributed by atoms with E-state index in [2.05, 4.69) is 10.1 Å². The van der Waals surface area contributed by atoms with Gasteiger partial charge in [-0.3, -0.25) is 0 Å². The lowest BCUT2D eigenvalue weighted by Gasteiger charge is -2.30. The molecule has 0 aromatic heterocycles. The largest absolute Gasteiger partial charge is 0.447 e. The number of alkyl halides is 3. The zero-order valence-corrected chi connectivity index (χ0v) is 9.29. The van der Waals surface area contributed by atoms with Crippen LogP contribution in [-0.2, 0) is 4.74 Å². The Morgan fingerprint density at radius 3 is 2.71 bits per heavy atom. The van der Waals surface area contributed by atoms with E-state index in [1.807, 2.05) is 0 Å². The second-order valence-corrected chi connectivity index (χ2v) is 4.11. The summed E-state index contributed by atoms with van der Waals surface area (Å²) in [6, 6.07) is -0.499. The molecule has 1 aliphatic rings. The first kappa shape index (κ1) is 14.1. The highest BCUT2D eigenvalue weighted by Gasteiger charge is 2.42. The maximum atomic E-state index is 12.5. The van der Waals surface area contributed by atoms with E-state index in [-0.39, 0.29) is 26.1 Å². The van der Waals surface area contributed by atoms with Gasteiger partial charge in [-0.15, -0.1) is 0 Å². The van der Waals surface area contributed by atoms with E-state index in [1.165, 1.54) is 0 Å². The molecule has 100 valence electrons. The number of alkyl carbamates (subject to hydrolysis) is 1. The van der Waals surface area contributed by atoms with E-state index in [1.54, 1.807) is 0 Å². The molecule has 1 rings (SSSR count). The number of carbonyl (C=O) groups is 1. The minimum absolute atomic E-state index is 0.0995. The van der Waals surface area contributed by atoms with E-state index < -0.39 is 24.2 Å². The molecule has 17 heavy (non-hydrogen) atoms. The molecular weight excluding hydrogens is 239 g/mol. The third-order valence-corrected chi connectivity index (χ3v) is 2.78. The van der Waals surface area contributed by atoms with Crippen molar-refractivity contribution in [1.29, 1.82) is 0 Å². The van der Waals surface area contributed by atoms with Crippen LogP contribution in [0.15, 0.2) is 0 Å². The number of rotatable bonds is 3. The third kappa shape index (κ3) is 4.80. The van der Waals surface area contributed by atoms with Gasteiger partial charge in [0.15, 0.2) is 0 Å². The van der Waals surface area contributed by atoms with Crippen LogP contribution in [0, 0.1) is 5.92 Å². The maximum absolute atomic E-state index is 12.5. The fourth-order valence-corrected chi connectivity index (χ4v) is 1.96. The van der Waals surface area contributed by atoms with Gasteiger partial charge in [-0.05, 0) is 19.3 Å². The van der Waals surface area contributed by atoms with Crippen LogP contribution >= 0.6 is 0 Å². The van der Waals surface area contributed by atoms with Crippen LogP contribution in [-0.4, -0.2) is 36.6 Å². The van der Waals surface area contributed by atoms with Gasteiger partial charge in [-0.2, -0.15) is 13.2 Å². The second-order valence-electron chi connectivity index (χ2n) is 4.11. The number of hydrogen-bond donors (Lipinski definition) is 2. The van der Waals surface area contributed by atoms with Crippen molar-refractivity contribution in [2.45, 2.75) is 37.9 Å². The molecule has 1 saturated carbocycles. The summed E-state index contributed by atoms with van der Waals surface area (Å²) < 4.78 is 42.0. The standard InChI is InChI=1S/C10H16F3NO3/c11-10(12,13)7-2-1-3-8(6-7)14-9(16)17-5-4-15/h7-8,15H,1-6H2,(H,14,16). The molecule has 0 saturated heterocycles. The summed E-state index contributed by atoms with van der Waals surface area (Å²) in [5, 5.41) is 10.8. The fraction of sp³-hybridized carbons (Fsp3) is 0.900. The molecule has 1 aliphatic carbocycles. The first-order valence-corrected chi connectivity index (χ1v) is 5.54. The quantitative estimate of drug-likeness (QED) is 0.808. The lowest BCUT2D eigenvalue weighted by Crippen LogP contribution is -2.42. The molecular formula is C10H16F3NO3. The smallest absolute Gasteiger partial charge is 0.407 e. The average Bonchev–Trinajstić information content (AvgIpc) is 2.25. The van der Waals surface area contributed by atoms with Gasteiger partial charge < -0.3 is 15.2 Å².